The summed E-state index contributed by atoms with van der Waals surface area (Å²) in [5, 5.41) is 0. The van der Waals surface area contributed by atoms with Gasteiger partial charge in [-0.1, -0.05) is 25.2 Å². The molecule has 2 heteroatoms. The first-order valence-corrected chi connectivity index (χ1v) is 4.31. The van der Waals surface area contributed by atoms with E-state index in [1.807, 2.05) is 0 Å². The van der Waals surface area contributed by atoms with Gasteiger partial charge in [-0.25, -0.2) is 0 Å². The molecule has 0 aromatic heterocycles. The zero-order valence-electron chi connectivity index (χ0n) is 7.27. The van der Waals surface area contributed by atoms with E-state index in [4.69, 9.17) is 4.74 Å². The van der Waals surface area contributed by atoms with E-state index in [-0.39, 0.29) is 6.10 Å². The van der Waals surface area contributed by atoms with E-state index in [1.165, 1.54) is 6.08 Å². The fourth-order valence-electron chi connectivity index (χ4n) is 1.07. The van der Waals surface area contributed by atoms with Gasteiger partial charge < -0.3 is 4.74 Å². The van der Waals surface area contributed by atoms with Crippen LogP contribution in [0.3, 0.4) is 0 Å². The minimum Gasteiger partial charge on any atom is -0.365 e. The maximum absolute atomic E-state index is 9.95. The Balaban J connectivity index is 2.11. The van der Waals surface area contributed by atoms with Gasteiger partial charge in [0.1, 0.15) is 12.4 Å². The Bertz CT molecular complexity index is 194. The number of carbonyl (C=O) groups excluding carboxylic acids is 1. The Morgan fingerprint density at radius 2 is 2.25 bits per heavy atom. The van der Waals surface area contributed by atoms with E-state index in [0.717, 1.165) is 19.1 Å². The highest BCUT2D eigenvalue weighted by molar-refractivity contribution is 5.64. The summed E-state index contributed by atoms with van der Waals surface area (Å²) in [6.07, 6.45) is 10.8. The van der Waals surface area contributed by atoms with Crippen LogP contribution in [0.25, 0.3) is 0 Å². The number of carbonyl (C=O) groups is 1. The summed E-state index contributed by atoms with van der Waals surface area (Å²) in [6.45, 7) is 2.11. The third-order valence-electron chi connectivity index (χ3n) is 1.77. The molecule has 2 nitrogen and oxygen atoms in total. The molecule has 12 heavy (non-hydrogen) atoms. The maximum atomic E-state index is 9.95. The predicted octanol–water partition coefficient (Wildman–Crippen LogP) is 1.87. The molecule has 1 aliphatic heterocycles. The third kappa shape index (κ3) is 3.01. The summed E-state index contributed by atoms with van der Waals surface area (Å²) in [6, 6.07) is 0. The molecule has 0 aromatic rings. The molecule has 0 radical (unpaired) electrons. The van der Waals surface area contributed by atoms with Crippen molar-refractivity contribution in [1.82, 2.24) is 0 Å². The largest absolute Gasteiger partial charge is 0.365 e. The van der Waals surface area contributed by atoms with Gasteiger partial charge >= 0.3 is 0 Å². The number of rotatable bonds is 5. The maximum Gasteiger partial charge on any atom is 0.142 e. The lowest BCUT2D eigenvalue weighted by Gasteiger charge is -1.82. The molecule has 0 aromatic carbocycles. The molecule has 1 fully saturated rings. The van der Waals surface area contributed by atoms with E-state index < -0.39 is 0 Å². The molecule has 1 aliphatic rings. The molecule has 1 heterocycles. The van der Waals surface area contributed by atoms with Crippen LogP contribution in [0.2, 0.25) is 0 Å². The van der Waals surface area contributed by atoms with Crippen LogP contribution in [0, 0.1) is 0 Å². The van der Waals surface area contributed by atoms with Crippen molar-refractivity contribution in [2.24, 2.45) is 0 Å². The highest BCUT2D eigenvalue weighted by Gasteiger charge is 2.34. The summed E-state index contributed by atoms with van der Waals surface area (Å²) in [5.41, 5.74) is 0. The van der Waals surface area contributed by atoms with Gasteiger partial charge in [-0.2, -0.15) is 0 Å². The molecule has 0 amide bonds. The third-order valence-corrected chi connectivity index (χ3v) is 1.77. The van der Waals surface area contributed by atoms with Crippen molar-refractivity contribution in [3.05, 3.63) is 24.3 Å². The monoisotopic (exact) mass is 166 g/mol. The SMILES string of the molecule is CCC=CCC1OC1C=CC=O. The molecule has 1 rings (SSSR count). The van der Waals surface area contributed by atoms with E-state index in [9.17, 15) is 4.79 Å². The van der Waals surface area contributed by atoms with Crippen molar-refractivity contribution < 1.29 is 9.53 Å². The molecule has 0 saturated carbocycles. The summed E-state index contributed by atoms with van der Waals surface area (Å²) in [5.74, 6) is 0. The van der Waals surface area contributed by atoms with Crippen LogP contribution >= 0.6 is 0 Å². The van der Waals surface area contributed by atoms with Gasteiger partial charge in [-0.3, -0.25) is 4.79 Å². The van der Waals surface area contributed by atoms with Crippen LogP contribution in [0.15, 0.2) is 24.3 Å². The van der Waals surface area contributed by atoms with Crippen LogP contribution in [0.1, 0.15) is 19.8 Å². The molecule has 2 unspecified atom stereocenters. The highest BCUT2D eigenvalue weighted by Crippen LogP contribution is 2.26. The number of aldehydes is 1. The van der Waals surface area contributed by atoms with Crippen LogP contribution in [0.4, 0.5) is 0 Å². The van der Waals surface area contributed by atoms with Crippen LogP contribution in [-0.4, -0.2) is 18.5 Å². The lowest BCUT2D eigenvalue weighted by molar-refractivity contribution is -0.104. The molecular weight excluding hydrogens is 152 g/mol. The van der Waals surface area contributed by atoms with Crippen LogP contribution in [-0.2, 0) is 9.53 Å². The fraction of sp³-hybridized carbons (Fsp3) is 0.500. The first-order valence-electron chi connectivity index (χ1n) is 4.31. The Hall–Kier alpha value is -0.890. The van der Waals surface area contributed by atoms with Crippen molar-refractivity contribution >= 4 is 6.29 Å². The molecular formula is C10H14O2. The first kappa shape index (κ1) is 9.20. The Labute approximate surface area is 72.9 Å². The predicted molar refractivity (Wildman–Crippen MR) is 47.9 cm³/mol. The molecule has 2 atom stereocenters. The zero-order valence-corrected chi connectivity index (χ0v) is 7.27. The van der Waals surface area contributed by atoms with E-state index in [0.29, 0.717) is 6.10 Å². The van der Waals surface area contributed by atoms with Crippen molar-refractivity contribution in [3.63, 3.8) is 0 Å². The lowest BCUT2D eigenvalue weighted by atomic mass is 10.2. The quantitative estimate of drug-likeness (QED) is 0.270. The van der Waals surface area contributed by atoms with E-state index in [2.05, 4.69) is 19.1 Å². The highest BCUT2D eigenvalue weighted by atomic mass is 16.6. The summed E-state index contributed by atoms with van der Waals surface area (Å²) in [7, 11) is 0. The molecule has 0 N–H and O–H groups in total. The molecule has 1 saturated heterocycles. The molecule has 0 bridgehead atoms. The number of epoxide rings is 1. The Kier molecular flexibility index (Phi) is 3.74. The van der Waals surface area contributed by atoms with Crippen molar-refractivity contribution in [2.75, 3.05) is 0 Å². The Morgan fingerprint density at radius 3 is 2.92 bits per heavy atom. The summed E-state index contributed by atoms with van der Waals surface area (Å²) in [4.78, 5) is 9.95. The van der Waals surface area contributed by atoms with E-state index in [1.54, 1.807) is 6.08 Å². The average Bonchev–Trinajstić information content (AvgIpc) is 2.81. The van der Waals surface area contributed by atoms with Crippen LogP contribution < -0.4 is 0 Å². The summed E-state index contributed by atoms with van der Waals surface area (Å²) >= 11 is 0. The second kappa shape index (κ2) is 4.88. The van der Waals surface area contributed by atoms with Crippen LogP contribution in [0.5, 0.6) is 0 Å². The van der Waals surface area contributed by atoms with Gasteiger partial charge in [0.2, 0.25) is 0 Å². The van der Waals surface area contributed by atoms with Gasteiger partial charge in [-0.05, 0) is 18.9 Å². The minimum absolute atomic E-state index is 0.178. The van der Waals surface area contributed by atoms with Crippen molar-refractivity contribution in [1.29, 1.82) is 0 Å². The smallest absolute Gasteiger partial charge is 0.142 e. The fourth-order valence-corrected chi connectivity index (χ4v) is 1.07. The normalized spacial score (nSPS) is 28.4. The second-order valence-electron chi connectivity index (χ2n) is 2.78. The van der Waals surface area contributed by atoms with E-state index >= 15 is 0 Å². The van der Waals surface area contributed by atoms with Gasteiger partial charge in [0.15, 0.2) is 0 Å². The van der Waals surface area contributed by atoms with Gasteiger partial charge in [0, 0.05) is 0 Å². The second-order valence-corrected chi connectivity index (χ2v) is 2.78. The van der Waals surface area contributed by atoms with Gasteiger partial charge in [-0.15, -0.1) is 0 Å². The number of ether oxygens (including phenoxy) is 1. The number of hydrogen-bond acceptors (Lipinski definition) is 2. The number of allylic oxidation sites excluding steroid dienone is 2. The minimum atomic E-state index is 0.178. The Morgan fingerprint density at radius 1 is 1.42 bits per heavy atom. The van der Waals surface area contributed by atoms with Crippen molar-refractivity contribution in [2.45, 2.75) is 32.0 Å². The zero-order chi connectivity index (χ0) is 8.81. The standard InChI is InChI=1S/C10H14O2/c1-2-3-4-6-9-10(12-9)7-5-8-11/h3-5,7-10H,2,6H2,1H3. The number of hydrogen-bond donors (Lipinski definition) is 0. The molecule has 0 spiro atoms. The summed E-state index contributed by atoms with van der Waals surface area (Å²) < 4.78 is 5.27. The average molecular weight is 166 g/mol. The van der Waals surface area contributed by atoms with Gasteiger partial charge in [0.05, 0.1) is 6.10 Å². The lowest BCUT2D eigenvalue weighted by Crippen LogP contribution is -1.87. The molecule has 66 valence electrons. The van der Waals surface area contributed by atoms with Crippen molar-refractivity contribution in [3.8, 4) is 0 Å². The van der Waals surface area contributed by atoms with Gasteiger partial charge in [0.25, 0.3) is 0 Å². The topological polar surface area (TPSA) is 29.6 Å². The first-order chi connectivity index (χ1) is 5.88. The molecule has 0 aliphatic carbocycles.